The smallest absolute Gasteiger partial charge is 0.246 e. The van der Waals surface area contributed by atoms with Crippen LogP contribution in [0.15, 0.2) is 24.1 Å². The van der Waals surface area contributed by atoms with Crippen LogP contribution in [0.3, 0.4) is 0 Å². The third-order valence-electron chi connectivity index (χ3n) is 4.46. The molecule has 1 saturated heterocycles. The van der Waals surface area contributed by atoms with Gasteiger partial charge in [-0.05, 0) is 43.2 Å². The van der Waals surface area contributed by atoms with Crippen LogP contribution in [0.25, 0.3) is 0 Å². The summed E-state index contributed by atoms with van der Waals surface area (Å²) in [7, 11) is 0. The van der Waals surface area contributed by atoms with Crippen LogP contribution in [-0.4, -0.2) is 30.1 Å². The standard InChI is InChI=1S/C16H20ClNO2S/c1-2-15(19)18(9-14-7-12(17)10-21-14)8-13-3-4-16(5-6-16)11-20-13/h2,7,10,13H,1,3-6,8-9,11H2. The zero-order valence-corrected chi connectivity index (χ0v) is 13.6. The molecule has 0 bridgehead atoms. The van der Waals surface area contributed by atoms with Gasteiger partial charge in [-0.2, -0.15) is 0 Å². The van der Waals surface area contributed by atoms with Crippen LogP contribution in [0.1, 0.15) is 30.6 Å². The Bertz CT molecular complexity index is 528. The van der Waals surface area contributed by atoms with E-state index in [9.17, 15) is 4.79 Å². The summed E-state index contributed by atoms with van der Waals surface area (Å²) in [5.74, 6) is -0.0465. The highest BCUT2D eigenvalue weighted by atomic mass is 35.5. The van der Waals surface area contributed by atoms with Gasteiger partial charge in [0.15, 0.2) is 0 Å². The van der Waals surface area contributed by atoms with E-state index >= 15 is 0 Å². The predicted molar refractivity (Wildman–Crippen MR) is 85.6 cm³/mol. The van der Waals surface area contributed by atoms with Crippen LogP contribution in [0.2, 0.25) is 5.02 Å². The molecule has 1 spiro atoms. The van der Waals surface area contributed by atoms with E-state index in [0.29, 0.717) is 18.5 Å². The highest BCUT2D eigenvalue weighted by Gasteiger charge is 2.46. The molecule has 1 amide bonds. The molecule has 114 valence electrons. The summed E-state index contributed by atoms with van der Waals surface area (Å²) in [4.78, 5) is 15.0. The predicted octanol–water partition coefficient (Wildman–Crippen LogP) is 3.88. The number of halogens is 1. The minimum Gasteiger partial charge on any atom is -0.376 e. The number of hydrogen-bond acceptors (Lipinski definition) is 3. The summed E-state index contributed by atoms with van der Waals surface area (Å²) in [5, 5.41) is 2.62. The Balaban J connectivity index is 1.59. The van der Waals surface area contributed by atoms with Gasteiger partial charge >= 0.3 is 0 Å². The summed E-state index contributed by atoms with van der Waals surface area (Å²) in [6.45, 7) is 5.67. The molecule has 1 atom stereocenters. The fraction of sp³-hybridized carbons (Fsp3) is 0.562. The Labute approximate surface area is 134 Å². The van der Waals surface area contributed by atoms with Crippen molar-refractivity contribution in [3.63, 3.8) is 0 Å². The van der Waals surface area contributed by atoms with Gasteiger partial charge < -0.3 is 9.64 Å². The summed E-state index contributed by atoms with van der Waals surface area (Å²) in [6.07, 6.45) is 6.42. The second-order valence-corrected chi connectivity index (χ2v) is 7.56. The number of rotatable bonds is 5. The molecule has 1 aromatic heterocycles. The van der Waals surface area contributed by atoms with E-state index in [1.165, 1.54) is 25.3 Å². The number of carbonyl (C=O) groups excluding carboxylic acids is 1. The Hall–Kier alpha value is -0.840. The second-order valence-electron chi connectivity index (χ2n) is 6.13. The first kappa shape index (κ1) is 15.1. The van der Waals surface area contributed by atoms with Gasteiger partial charge in [0.25, 0.3) is 0 Å². The van der Waals surface area contributed by atoms with E-state index in [-0.39, 0.29) is 12.0 Å². The van der Waals surface area contributed by atoms with Crippen molar-refractivity contribution in [3.8, 4) is 0 Å². The maximum atomic E-state index is 12.1. The molecule has 5 heteroatoms. The van der Waals surface area contributed by atoms with Crippen molar-refractivity contribution in [3.05, 3.63) is 34.0 Å². The van der Waals surface area contributed by atoms with Crippen molar-refractivity contribution in [1.29, 1.82) is 0 Å². The normalized spacial score (nSPS) is 23.0. The van der Waals surface area contributed by atoms with Crippen LogP contribution < -0.4 is 0 Å². The van der Waals surface area contributed by atoms with Crippen molar-refractivity contribution in [1.82, 2.24) is 4.90 Å². The van der Waals surface area contributed by atoms with Crippen molar-refractivity contribution in [2.24, 2.45) is 5.41 Å². The number of hydrogen-bond donors (Lipinski definition) is 0. The summed E-state index contributed by atoms with van der Waals surface area (Å²) in [6, 6.07) is 1.91. The Morgan fingerprint density at radius 2 is 2.38 bits per heavy atom. The van der Waals surface area contributed by atoms with E-state index in [1.54, 1.807) is 11.3 Å². The van der Waals surface area contributed by atoms with Crippen molar-refractivity contribution < 1.29 is 9.53 Å². The van der Waals surface area contributed by atoms with Gasteiger partial charge in [0, 0.05) is 16.8 Å². The van der Waals surface area contributed by atoms with Gasteiger partial charge in [0.2, 0.25) is 5.91 Å². The summed E-state index contributed by atoms with van der Waals surface area (Å²) >= 11 is 7.53. The van der Waals surface area contributed by atoms with Crippen molar-refractivity contribution in [2.75, 3.05) is 13.2 Å². The first-order valence-corrected chi connectivity index (χ1v) is 8.62. The fourth-order valence-corrected chi connectivity index (χ4v) is 3.95. The highest BCUT2D eigenvalue weighted by molar-refractivity contribution is 7.10. The Morgan fingerprint density at radius 1 is 1.57 bits per heavy atom. The minimum atomic E-state index is -0.0465. The quantitative estimate of drug-likeness (QED) is 0.769. The number of carbonyl (C=O) groups is 1. The molecule has 0 radical (unpaired) electrons. The average Bonchev–Trinajstić information content (AvgIpc) is 3.12. The van der Waals surface area contributed by atoms with Crippen LogP contribution in [0, 0.1) is 5.41 Å². The van der Waals surface area contributed by atoms with Crippen molar-refractivity contribution in [2.45, 2.75) is 38.3 Å². The molecule has 2 heterocycles. The zero-order valence-electron chi connectivity index (χ0n) is 12.0. The molecule has 2 aliphatic rings. The van der Waals surface area contributed by atoms with Crippen LogP contribution in [-0.2, 0) is 16.1 Å². The largest absolute Gasteiger partial charge is 0.376 e. The van der Waals surface area contributed by atoms with E-state index in [2.05, 4.69) is 6.58 Å². The van der Waals surface area contributed by atoms with E-state index in [1.807, 2.05) is 16.3 Å². The number of thiophene rings is 1. The molecule has 1 unspecified atom stereocenters. The van der Waals surface area contributed by atoms with Crippen LogP contribution >= 0.6 is 22.9 Å². The highest BCUT2D eigenvalue weighted by Crippen LogP contribution is 2.52. The zero-order chi connectivity index (χ0) is 14.9. The Kier molecular flexibility index (Phi) is 4.38. The SMILES string of the molecule is C=CC(=O)N(Cc1cc(Cl)cs1)CC1CCC2(CC2)CO1. The number of ether oxygens (including phenoxy) is 1. The maximum absolute atomic E-state index is 12.1. The molecule has 3 rings (SSSR count). The van der Waals surface area contributed by atoms with Gasteiger partial charge in [-0.25, -0.2) is 0 Å². The fourth-order valence-electron chi connectivity index (χ4n) is 2.86. The van der Waals surface area contributed by atoms with E-state index < -0.39 is 0 Å². The van der Waals surface area contributed by atoms with Gasteiger partial charge in [-0.3, -0.25) is 4.79 Å². The average molecular weight is 326 g/mol. The molecule has 3 nitrogen and oxygen atoms in total. The first-order chi connectivity index (χ1) is 10.1. The second kappa shape index (κ2) is 6.11. The summed E-state index contributed by atoms with van der Waals surface area (Å²) in [5.41, 5.74) is 0.491. The lowest BCUT2D eigenvalue weighted by atomic mass is 9.95. The molecule has 1 aliphatic heterocycles. The molecule has 1 aliphatic carbocycles. The lowest BCUT2D eigenvalue weighted by molar-refractivity contribution is -0.130. The molecular weight excluding hydrogens is 306 g/mol. The maximum Gasteiger partial charge on any atom is 0.246 e. The van der Waals surface area contributed by atoms with Gasteiger partial charge in [0.05, 0.1) is 24.3 Å². The van der Waals surface area contributed by atoms with E-state index in [4.69, 9.17) is 16.3 Å². The molecular formula is C16H20ClNO2S. The lowest BCUT2D eigenvalue weighted by Gasteiger charge is -2.32. The molecule has 1 aromatic rings. The monoisotopic (exact) mass is 325 g/mol. The van der Waals surface area contributed by atoms with Crippen molar-refractivity contribution >= 4 is 28.8 Å². The number of nitrogens with zero attached hydrogens (tertiary/aromatic N) is 1. The first-order valence-electron chi connectivity index (χ1n) is 7.36. The van der Waals surface area contributed by atoms with Gasteiger partial charge in [0.1, 0.15) is 0 Å². The molecule has 21 heavy (non-hydrogen) atoms. The topological polar surface area (TPSA) is 29.5 Å². The third-order valence-corrected chi connectivity index (χ3v) is 5.73. The minimum absolute atomic E-state index is 0.0465. The van der Waals surface area contributed by atoms with Gasteiger partial charge in [-0.15, -0.1) is 11.3 Å². The molecule has 0 aromatic carbocycles. The molecule has 1 saturated carbocycles. The Morgan fingerprint density at radius 3 is 2.90 bits per heavy atom. The number of amides is 1. The van der Waals surface area contributed by atoms with Crippen LogP contribution in [0.5, 0.6) is 0 Å². The molecule has 2 fully saturated rings. The lowest BCUT2D eigenvalue weighted by Crippen LogP contribution is -2.40. The summed E-state index contributed by atoms with van der Waals surface area (Å²) < 4.78 is 5.97. The van der Waals surface area contributed by atoms with Gasteiger partial charge in [-0.1, -0.05) is 18.2 Å². The third kappa shape index (κ3) is 3.68. The van der Waals surface area contributed by atoms with Crippen LogP contribution in [0.4, 0.5) is 0 Å². The van der Waals surface area contributed by atoms with E-state index in [0.717, 1.165) is 22.9 Å². The molecule has 0 N–H and O–H groups in total.